The first-order valence-corrected chi connectivity index (χ1v) is 22.4. The molecular formula is C45H79N5O7. The van der Waals surface area contributed by atoms with Crippen LogP contribution in [0.25, 0.3) is 0 Å². The van der Waals surface area contributed by atoms with Crippen LogP contribution in [0, 0.1) is 0 Å². The van der Waals surface area contributed by atoms with Gasteiger partial charge in [0, 0.05) is 32.7 Å². The lowest BCUT2D eigenvalue weighted by atomic mass is 10.0. The Kier molecular flexibility index (Phi) is 26.6. The number of carbonyl (C=O) groups is 1. The lowest BCUT2D eigenvalue weighted by Gasteiger charge is -2.35. The van der Waals surface area contributed by atoms with Gasteiger partial charge in [-0.3, -0.25) is 4.90 Å². The van der Waals surface area contributed by atoms with Crippen LogP contribution in [0.5, 0.6) is 5.75 Å². The zero-order valence-corrected chi connectivity index (χ0v) is 36.4. The third kappa shape index (κ3) is 25.4. The van der Waals surface area contributed by atoms with Gasteiger partial charge in [0.15, 0.2) is 0 Å². The van der Waals surface area contributed by atoms with Crippen molar-refractivity contribution in [3.8, 4) is 5.75 Å². The van der Waals surface area contributed by atoms with Crippen molar-refractivity contribution in [1.82, 2.24) is 24.8 Å². The third-order valence-corrected chi connectivity index (χ3v) is 10.1. The zero-order chi connectivity index (χ0) is 40.7. The second-order valence-corrected chi connectivity index (χ2v) is 16.4. The molecule has 0 radical (unpaired) electrons. The molecule has 0 unspecified atom stereocenters. The Morgan fingerprint density at radius 1 is 0.632 bits per heavy atom. The van der Waals surface area contributed by atoms with Gasteiger partial charge < -0.3 is 33.3 Å². The van der Waals surface area contributed by atoms with Gasteiger partial charge in [-0.1, -0.05) is 121 Å². The summed E-state index contributed by atoms with van der Waals surface area (Å²) >= 11 is 0. The Morgan fingerprint density at radius 2 is 1.14 bits per heavy atom. The van der Waals surface area contributed by atoms with Gasteiger partial charge in [-0.2, -0.15) is 0 Å². The summed E-state index contributed by atoms with van der Waals surface area (Å²) in [5.41, 5.74) is 1.48. The van der Waals surface area contributed by atoms with Crippen LogP contribution < -0.4 is 4.74 Å². The molecule has 1 amide bonds. The summed E-state index contributed by atoms with van der Waals surface area (Å²) in [6.45, 7) is 17.3. The van der Waals surface area contributed by atoms with Crippen molar-refractivity contribution < 1.29 is 33.2 Å². The van der Waals surface area contributed by atoms with Crippen LogP contribution >= 0.6 is 0 Å². The van der Waals surface area contributed by atoms with E-state index in [1.807, 2.05) is 43.8 Å². The highest BCUT2D eigenvalue weighted by molar-refractivity contribution is 5.68. The van der Waals surface area contributed by atoms with E-state index in [0.29, 0.717) is 72.5 Å². The first-order chi connectivity index (χ1) is 27.8. The average molecular weight is 802 g/mol. The summed E-state index contributed by atoms with van der Waals surface area (Å²) in [7, 11) is 0. The van der Waals surface area contributed by atoms with Crippen molar-refractivity contribution >= 4 is 6.09 Å². The minimum absolute atomic E-state index is 0.234. The largest absolute Gasteiger partial charge is 0.494 e. The standard InChI is InChI=1S/C45H79N5O7/c1-5-6-7-8-9-10-11-12-13-14-15-16-17-18-19-20-30-56-43-23-21-41(22-24-43)38-50-39-42(46-47-50)40-55-37-36-54-35-34-53-33-32-52-31-29-48-25-27-49(28-26-48)44(51)57-45(2,3)4/h21-24,39H,5-20,25-38,40H2,1-4H3. The molecule has 0 saturated carbocycles. The van der Waals surface area contributed by atoms with Gasteiger partial charge in [-0.15, -0.1) is 5.10 Å². The molecule has 326 valence electrons. The predicted octanol–water partition coefficient (Wildman–Crippen LogP) is 9.09. The molecule has 2 aromatic rings. The first-order valence-electron chi connectivity index (χ1n) is 22.4. The molecule has 12 nitrogen and oxygen atoms in total. The lowest BCUT2D eigenvalue weighted by Crippen LogP contribution is -2.50. The van der Waals surface area contributed by atoms with Crippen LogP contribution in [0.2, 0.25) is 0 Å². The summed E-state index contributed by atoms with van der Waals surface area (Å²) in [5.74, 6) is 0.923. The maximum atomic E-state index is 12.2. The van der Waals surface area contributed by atoms with E-state index in [1.165, 1.54) is 96.3 Å². The molecule has 1 fully saturated rings. The molecule has 1 aliphatic heterocycles. The molecule has 0 aliphatic carbocycles. The Balaban J connectivity index is 1.06. The second kappa shape index (κ2) is 31.2. The van der Waals surface area contributed by atoms with Gasteiger partial charge in [-0.05, 0) is 44.9 Å². The molecule has 12 heteroatoms. The molecule has 1 aliphatic rings. The van der Waals surface area contributed by atoms with Gasteiger partial charge in [0.2, 0.25) is 0 Å². The Labute approximate surface area is 345 Å². The number of rotatable bonds is 34. The molecule has 0 bridgehead atoms. The molecule has 0 N–H and O–H groups in total. The number of amides is 1. The van der Waals surface area contributed by atoms with E-state index in [0.717, 1.165) is 49.7 Å². The van der Waals surface area contributed by atoms with E-state index in [1.54, 1.807) is 4.90 Å². The zero-order valence-electron chi connectivity index (χ0n) is 36.4. The van der Waals surface area contributed by atoms with Crippen LogP contribution in [0.15, 0.2) is 30.5 Å². The smallest absolute Gasteiger partial charge is 0.410 e. The minimum Gasteiger partial charge on any atom is -0.494 e. The van der Waals surface area contributed by atoms with E-state index in [-0.39, 0.29) is 6.09 Å². The van der Waals surface area contributed by atoms with Crippen molar-refractivity contribution in [3.63, 3.8) is 0 Å². The highest BCUT2D eigenvalue weighted by Crippen LogP contribution is 2.16. The van der Waals surface area contributed by atoms with Crippen LogP contribution in [0.3, 0.4) is 0 Å². The third-order valence-electron chi connectivity index (χ3n) is 10.1. The average Bonchev–Trinajstić information content (AvgIpc) is 3.64. The van der Waals surface area contributed by atoms with Gasteiger partial charge in [0.05, 0.1) is 72.2 Å². The number of nitrogens with zero attached hydrogens (tertiary/aromatic N) is 5. The fourth-order valence-corrected chi connectivity index (χ4v) is 6.71. The van der Waals surface area contributed by atoms with Gasteiger partial charge in [0.25, 0.3) is 0 Å². The van der Waals surface area contributed by atoms with Crippen LogP contribution in [0.1, 0.15) is 142 Å². The first kappa shape index (κ1) is 48.6. The maximum Gasteiger partial charge on any atom is 0.410 e. The highest BCUT2D eigenvalue weighted by Gasteiger charge is 2.25. The van der Waals surface area contributed by atoms with Crippen LogP contribution in [-0.2, 0) is 36.8 Å². The molecule has 57 heavy (non-hydrogen) atoms. The van der Waals surface area contributed by atoms with E-state index in [9.17, 15) is 4.79 Å². The topological polar surface area (TPSA) is 110 Å². The monoisotopic (exact) mass is 802 g/mol. The predicted molar refractivity (Wildman–Crippen MR) is 227 cm³/mol. The van der Waals surface area contributed by atoms with Crippen LogP contribution in [0.4, 0.5) is 4.79 Å². The number of ether oxygens (including phenoxy) is 6. The van der Waals surface area contributed by atoms with Crippen molar-refractivity contribution in [1.29, 1.82) is 0 Å². The molecular weight excluding hydrogens is 723 g/mol. The normalized spacial score (nSPS) is 13.7. The summed E-state index contributed by atoms with van der Waals surface area (Å²) in [6.07, 6.45) is 23.7. The Bertz CT molecular complexity index is 1250. The van der Waals surface area contributed by atoms with E-state index in [4.69, 9.17) is 28.4 Å². The van der Waals surface area contributed by atoms with Crippen molar-refractivity contribution in [3.05, 3.63) is 41.7 Å². The molecule has 2 heterocycles. The number of unbranched alkanes of at least 4 members (excludes halogenated alkanes) is 15. The molecule has 0 atom stereocenters. The lowest BCUT2D eigenvalue weighted by molar-refractivity contribution is -0.00881. The molecule has 0 spiro atoms. The SMILES string of the molecule is CCCCCCCCCCCCCCCCCCOc1ccc(Cn2cc(COCCOCCOCCOCCN3CCN(C(=O)OC(C)(C)C)CC3)nn2)cc1. The highest BCUT2D eigenvalue weighted by atomic mass is 16.6. The fourth-order valence-electron chi connectivity index (χ4n) is 6.71. The van der Waals surface area contributed by atoms with E-state index >= 15 is 0 Å². The summed E-state index contributed by atoms with van der Waals surface area (Å²) < 4.78 is 35.9. The van der Waals surface area contributed by atoms with E-state index in [2.05, 4.69) is 34.3 Å². The molecule has 1 aromatic carbocycles. The number of benzene rings is 1. The molecule has 1 saturated heterocycles. The molecule has 1 aromatic heterocycles. The van der Waals surface area contributed by atoms with Gasteiger partial charge >= 0.3 is 6.09 Å². The van der Waals surface area contributed by atoms with Gasteiger partial charge in [0.1, 0.15) is 17.0 Å². The number of carbonyl (C=O) groups excluding carboxylic acids is 1. The van der Waals surface area contributed by atoms with Crippen molar-refractivity contribution in [2.75, 3.05) is 85.6 Å². The van der Waals surface area contributed by atoms with Gasteiger partial charge in [-0.25, -0.2) is 9.48 Å². The van der Waals surface area contributed by atoms with Crippen molar-refractivity contribution in [2.24, 2.45) is 0 Å². The van der Waals surface area contributed by atoms with Crippen molar-refractivity contribution in [2.45, 2.75) is 149 Å². The summed E-state index contributed by atoms with van der Waals surface area (Å²) in [4.78, 5) is 16.3. The maximum absolute atomic E-state index is 12.2. The van der Waals surface area contributed by atoms with E-state index < -0.39 is 5.60 Å². The quantitative estimate of drug-likeness (QED) is 0.0636. The Hall–Kier alpha value is -2.77. The fraction of sp³-hybridized carbons (Fsp3) is 0.800. The number of aromatic nitrogens is 3. The number of piperazine rings is 1. The minimum atomic E-state index is -0.466. The number of hydrogen-bond donors (Lipinski definition) is 0. The summed E-state index contributed by atoms with van der Waals surface area (Å²) in [6, 6.07) is 8.28. The Morgan fingerprint density at radius 3 is 1.68 bits per heavy atom. The number of hydrogen-bond acceptors (Lipinski definition) is 10. The van der Waals surface area contributed by atoms with Crippen LogP contribution in [-0.4, -0.2) is 122 Å². The second-order valence-electron chi connectivity index (χ2n) is 16.4. The summed E-state index contributed by atoms with van der Waals surface area (Å²) in [5, 5.41) is 8.50. The molecule has 3 rings (SSSR count).